The van der Waals surface area contributed by atoms with E-state index in [1.165, 1.54) is 60.2 Å². The van der Waals surface area contributed by atoms with Crippen LogP contribution in [0.1, 0.15) is 0 Å². The van der Waals surface area contributed by atoms with Crippen molar-refractivity contribution in [3.05, 3.63) is 121 Å². The molecule has 0 saturated heterocycles. The summed E-state index contributed by atoms with van der Waals surface area (Å²) in [6.07, 6.45) is 1.88. The number of fused-ring (bicyclic) bond motifs is 11. The summed E-state index contributed by atoms with van der Waals surface area (Å²) >= 11 is 0. The van der Waals surface area contributed by atoms with Gasteiger partial charge in [0.1, 0.15) is 17.3 Å². The highest BCUT2D eigenvalue weighted by molar-refractivity contribution is 6.99. The van der Waals surface area contributed by atoms with E-state index in [4.69, 9.17) is 9.72 Å². The molecule has 0 fully saturated rings. The van der Waals surface area contributed by atoms with Crippen LogP contribution < -0.4 is 21.1 Å². The van der Waals surface area contributed by atoms with Crippen molar-refractivity contribution in [2.75, 3.05) is 0 Å². The van der Waals surface area contributed by atoms with Gasteiger partial charge in [-0.3, -0.25) is 4.57 Å². The number of nitrogens with zero attached hydrogens (tertiary/aromatic N) is 3. The fourth-order valence-electron chi connectivity index (χ4n) is 7.34. The van der Waals surface area contributed by atoms with Crippen molar-refractivity contribution in [3.63, 3.8) is 0 Å². The zero-order chi connectivity index (χ0) is 25.9. The predicted molar refractivity (Wildman–Crippen MR) is 164 cm³/mol. The molecular formula is C35H20BN3O. The van der Waals surface area contributed by atoms with Crippen molar-refractivity contribution in [1.29, 1.82) is 0 Å². The number of rotatable bonds is 1. The van der Waals surface area contributed by atoms with E-state index >= 15 is 0 Å². The van der Waals surface area contributed by atoms with Gasteiger partial charge in [0.25, 0.3) is 6.71 Å². The number of ether oxygens (including phenoxy) is 1. The molecule has 2 aliphatic rings. The number of para-hydroxylation sites is 3. The Balaban J connectivity index is 1.51. The molecule has 2 aliphatic heterocycles. The minimum atomic E-state index is 0.0804. The summed E-state index contributed by atoms with van der Waals surface area (Å²) in [5.74, 6) is 2.80. The number of hydrogen-bond acceptors (Lipinski definition) is 2. The first-order valence-corrected chi connectivity index (χ1v) is 13.7. The molecule has 0 N–H and O–H groups in total. The maximum absolute atomic E-state index is 6.52. The fourth-order valence-corrected chi connectivity index (χ4v) is 7.34. The smallest absolute Gasteiger partial charge is 0.256 e. The van der Waals surface area contributed by atoms with Crippen LogP contribution in [0, 0.1) is 0 Å². The van der Waals surface area contributed by atoms with Crippen molar-refractivity contribution >= 4 is 66.7 Å². The molecule has 4 nitrogen and oxygen atoms in total. The van der Waals surface area contributed by atoms with Crippen LogP contribution in [0.2, 0.25) is 0 Å². The summed E-state index contributed by atoms with van der Waals surface area (Å²) in [5, 5.41) is 4.99. The molecule has 8 aromatic rings. The van der Waals surface area contributed by atoms with Gasteiger partial charge in [0.05, 0.1) is 22.1 Å². The summed E-state index contributed by atoms with van der Waals surface area (Å²) in [5.41, 5.74) is 9.80. The third-order valence-corrected chi connectivity index (χ3v) is 8.81. The highest BCUT2D eigenvalue weighted by atomic mass is 16.5. The lowest BCUT2D eigenvalue weighted by Gasteiger charge is -2.33. The van der Waals surface area contributed by atoms with Gasteiger partial charge in [0.15, 0.2) is 0 Å². The van der Waals surface area contributed by atoms with Crippen molar-refractivity contribution in [2.24, 2.45) is 0 Å². The molecule has 5 heteroatoms. The van der Waals surface area contributed by atoms with Gasteiger partial charge in [-0.15, -0.1) is 0 Å². The first-order valence-electron chi connectivity index (χ1n) is 13.7. The van der Waals surface area contributed by atoms with Gasteiger partial charge in [-0.2, -0.15) is 0 Å². The summed E-state index contributed by atoms with van der Waals surface area (Å²) in [7, 11) is 0. The lowest BCUT2D eigenvalue weighted by Crippen LogP contribution is -2.58. The average Bonchev–Trinajstić information content (AvgIpc) is 3.53. The van der Waals surface area contributed by atoms with E-state index in [2.05, 4.69) is 118 Å². The van der Waals surface area contributed by atoms with Gasteiger partial charge >= 0.3 is 0 Å². The van der Waals surface area contributed by atoms with Crippen LogP contribution in [0.4, 0.5) is 0 Å². The summed E-state index contributed by atoms with van der Waals surface area (Å²) in [6, 6.07) is 41.1. The van der Waals surface area contributed by atoms with Crippen LogP contribution in [0.3, 0.4) is 0 Å². The van der Waals surface area contributed by atoms with Gasteiger partial charge in [0.2, 0.25) is 0 Å². The standard InChI is InChI=1S/C35H20BN3O/c1-4-13-26-21(10-1)23-20-25-35-32(34(23)39(26)31-18-7-8-19-37-31)22-11-2-5-14-27(22)38(35)28-15-9-17-30-33(28)36(25)24-12-3-6-16-29(24)40-30/h1-20H. The van der Waals surface area contributed by atoms with E-state index in [0.29, 0.717) is 0 Å². The second kappa shape index (κ2) is 7.22. The van der Waals surface area contributed by atoms with Crippen LogP contribution in [0.15, 0.2) is 121 Å². The molecule has 0 spiro atoms. The molecule has 0 bridgehead atoms. The zero-order valence-electron chi connectivity index (χ0n) is 21.4. The molecule has 3 aromatic heterocycles. The number of benzene rings is 5. The van der Waals surface area contributed by atoms with Crippen molar-refractivity contribution in [2.45, 2.75) is 0 Å². The highest BCUT2D eigenvalue weighted by Crippen LogP contribution is 2.43. The molecule has 0 aliphatic carbocycles. The molecule has 40 heavy (non-hydrogen) atoms. The van der Waals surface area contributed by atoms with Crippen LogP contribution in [-0.4, -0.2) is 20.8 Å². The van der Waals surface area contributed by atoms with Gasteiger partial charge in [-0.1, -0.05) is 72.8 Å². The van der Waals surface area contributed by atoms with Gasteiger partial charge in [-0.25, -0.2) is 4.98 Å². The minimum absolute atomic E-state index is 0.0804. The SMILES string of the molecule is c1ccc(-n2c3ccccc3c3cc4c5c(c6ccccc6n5-c5cccc6c5B4c4ccccc4O6)c32)nc1. The molecule has 10 rings (SSSR count). The first-order chi connectivity index (χ1) is 19.9. The molecular weight excluding hydrogens is 489 g/mol. The van der Waals surface area contributed by atoms with Gasteiger partial charge < -0.3 is 9.30 Å². The second-order valence-corrected chi connectivity index (χ2v) is 10.7. The number of pyridine rings is 1. The Morgan fingerprint density at radius 3 is 2.20 bits per heavy atom. The number of aromatic nitrogens is 3. The molecule has 0 atom stereocenters. The quantitative estimate of drug-likeness (QED) is 0.247. The first kappa shape index (κ1) is 20.6. The van der Waals surface area contributed by atoms with Crippen molar-refractivity contribution in [1.82, 2.24) is 14.1 Å². The zero-order valence-corrected chi connectivity index (χ0v) is 21.4. The van der Waals surface area contributed by atoms with Crippen molar-refractivity contribution in [3.8, 4) is 23.0 Å². The minimum Gasteiger partial charge on any atom is -0.458 e. The van der Waals surface area contributed by atoms with Crippen LogP contribution in [0.5, 0.6) is 11.5 Å². The summed E-state index contributed by atoms with van der Waals surface area (Å²) < 4.78 is 11.3. The number of hydrogen-bond donors (Lipinski definition) is 0. The molecule has 0 unspecified atom stereocenters. The monoisotopic (exact) mass is 509 g/mol. The maximum Gasteiger partial charge on any atom is 0.256 e. The fraction of sp³-hybridized carbons (Fsp3) is 0. The van der Waals surface area contributed by atoms with E-state index in [-0.39, 0.29) is 6.71 Å². The predicted octanol–water partition coefficient (Wildman–Crippen LogP) is 6.21. The second-order valence-electron chi connectivity index (χ2n) is 10.7. The molecule has 0 radical (unpaired) electrons. The van der Waals surface area contributed by atoms with E-state index in [9.17, 15) is 0 Å². The highest BCUT2D eigenvalue weighted by Gasteiger charge is 2.41. The van der Waals surface area contributed by atoms with Gasteiger partial charge in [-0.05, 0) is 58.9 Å². The van der Waals surface area contributed by atoms with Crippen LogP contribution >= 0.6 is 0 Å². The maximum atomic E-state index is 6.52. The largest absolute Gasteiger partial charge is 0.458 e. The van der Waals surface area contributed by atoms with E-state index in [1.54, 1.807) is 0 Å². The lowest BCUT2D eigenvalue weighted by molar-refractivity contribution is 0.487. The third kappa shape index (κ3) is 2.37. The molecule has 0 saturated carbocycles. The Hall–Kier alpha value is -5.29. The van der Waals surface area contributed by atoms with E-state index in [1.807, 2.05) is 12.3 Å². The Morgan fingerprint density at radius 1 is 0.575 bits per heavy atom. The average molecular weight is 509 g/mol. The molecule has 5 aromatic carbocycles. The Kier molecular flexibility index (Phi) is 3.73. The Morgan fingerprint density at radius 2 is 1.32 bits per heavy atom. The normalized spacial score (nSPS) is 13.2. The van der Waals surface area contributed by atoms with Crippen molar-refractivity contribution < 1.29 is 4.74 Å². The van der Waals surface area contributed by atoms with Crippen LogP contribution in [0.25, 0.3) is 55.1 Å². The topological polar surface area (TPSA) is 32.0 Å². The molecule has 0 amide bonds. The Labute approximate surface area is 229 Å². The summed E-state index contributed by atoms with van der Waals surface area (Å²) in [6.45, 7) is 0.0804. The lowest BCUT2D eigenvalue weighted by atomic mass is 9.34. The molecule has 5 heterocycles. The third-order valence-electron chi connectivity index (χ3n) is 8.81. The Bertz CT molecular complexity index is 2370. The van der Waals surface area contributed by atoms with E-state index in [0.717, 1.165) is 22.8 Å². The van der Waals surface area contributed by atoms with Crippen LogP contribution in [-0.2, 0) is 0 Å². The summed E-state index contributed by atoms with van der Waals surface area (Å²) in [4.78, 5) is 4.83. The van der Waals surface area contributed by atoms with Gasteiger partial charge in [0, 0.05) is 33.4 Å². The molecule has 184 valence electrons. The van der Waals surface area contributed by atoms with E-state index < -0.39 is 0 Å².